The minimum atomic E-state index is -0.329. The standard InChI is InChI=1S/C17H30O2/c1-4-16(2,3)15(18)19-17(12-8-9-13-17)14-10-6-5-7-11-14/h14H,4-13H2,1-3H3. The largest absolute Gasteiger partial charge is 0.458 e. The first kappa shape index (κ1) is 14.9. The van der Waals surface area contributed by atoms with Gasteiger partial charge in [0.15, 0.2) is 0 Å². The lowest BCUT2D eigenvalue weighted by atomic mass is 9.75. The van der Waals surface area contributed by atoms with E-state index in [9.17, 15) is 4.79 Å². The third-order valence-electron chi connectivity index (χ3n) is 5.53. The summed E-state index contributed by atoms with van der Waals surface area (Å²) >= 11 is 0. The van der Waals surface area contributed by atoms with Gasteiger partial charge in [0, 0.05) is 0 Å². The van der Waals surface area contributed by atoms with Crippen LogP contribution in [0.3, 0.4) is 0 Å². The van der Waals surface area contributed by atoms with Crippen LogP contribution in [0.5, 0.6) is 0 Å². The molecule has 2 aliphatic rings. The highest BCUT2D eigenvalue weighted by Gasteiger charge is 2.46. The Bertz CT molecular complexity index is 307. The number of hydrogen-bond donors (Lipinski definition) is 0. The predicted octanol–water partition coefficient (Wildman–Crippen LogP) is 4.86. The lowest BCUT2D eigenvalue weighted by Crippen LogP contribution is -2.44. The number of hydrogen-bond acceptors (Lipinski definition) is 2. The second-order valence-electron chi connectivity index (χ2n) is 7.23. The van der Waals surface area contributed by atoms with Crippen LogP contribution in [-0.4, -0.2) is 11.6 Å². The molecule has 2 nitrogen and oxygen atoms in total. The van der Waals surface area contributed by atoms with E-state index in [1.165, 1.54) is 44.9 Å². The maximum atomic E-state index is 12.5. The number of ether oxygens (including phenoxy) is 1. The molecule has 0 unspecified atom stereocenters. The molecule has 0 radical (unpaired) electrons. The van der Waals surface area contributed by atoms with Crippen LogP contribution in [0.1, 0.15) is 85.0 Å². The number of rotatable bonds is 4. The third kappa shape index (κ3) is 3.14. The van der Waals surface area contributed by atoms with Crippen molar-refractivity contribution in [2.24, 2.45) is 11.3 Å². The zero-order chi connectivity index (χ0) is 13.9. The van der Waals surface area contributed by atoms with Crippen molar-refractivity contribution in [3.63, 3.8) is 0 Å². The van der Waals surface area contributed by atoms with Crippen molar-refractivity contribution in [2.75, 3.05) is 0 Å². The van der Waals surface area contributed by atoms with E-state index in [4.69, 9.17) is 4.74 Å². The first-order valence-corrected chi connectivity index (χ1v) is 8.24. The monoisotopic (exact) mass is 266 g/mol. The van der Waals surface area contributed by atoms with Crippen molar-refractivity contribution in [1.29, 1.82) is 0 Å². The third-order valence-corrected chi connectivity index (χ3v) is 5.53. The second kappa shape index (κ2) is 5.85. The maximum Gasteiger partial charge on any atom is 0.312 e. The van der Waals surface area contributed by atoms with Crippen LogP contribution in [-0.2, 0) is 9.53 Å². The summed E-state index contributed by atoms with van der Waals surface area (Å²) in [5.74, 6) is 0.655. The SMILES string of the molecule is CCC(C)(C)C(=O)OC1(C2CCCCC2)CCCC1. The molecule has 0 aromatic heterocycles. The van der Waals surface area contributed by atoms with Gasteiger partial charge in [0.05, 0.1) is 5.41 Å². The van der Waals surface area contributed by atoms with Crippen molar-refractivity contribution in [3.8, 4) is 0 Å². The summed E-state index contributed by atoms with van der Waals surface area (Å²) in [6.07, 6.45) is 12.1. The first-order valence-electron chi connectivity index (χ1n) is 8.24. The predicted molar refractivity (Wildman–Crippen MR) is 77.9 cm³/mol. The van der Waals surface area contributed by atoms with E-state index in [1.807, 2.05) is 13.8 Å². The molecule has 0 aromatic rings. The Kier molecular flexibility index (Phi) is 4.58. The summed E-state index contributed by atoms with van der Waals surface area (Å²) in [6, 6.07) is 0. The molecule has 2 heteroatoms. The van der Waals surface area contributed by atoms with Crippen molar-refractivity contribution in [3.05, 3.63) is 0 Å². The van der Waals surface area contributed by atoms with E-state index >= 15 is 0 Å². The average Bonchev–Trinajstić information content (AvgIpc) is 2.89. The van der Waals surface area contributed by atoms with Gasteiger partial charge in [-0.1, -0.05) is 26.2 Å². The Balaban J connectivity index is 2.09. The van der Waals surface area contributed by atoms with Gasteiger partial charge in [-0.15, -0.1) is 0 Å². The fraction of sp³-hybridized carbons (Fsp3) is 0.941. The van der Waals surface area contributed by atoms with E-state index in [0.717, 1.165) is 19.3 Å². The Morgan fingerprint density at radius 3 is 2.21 bits per heavy atom. The first-order chi connectivity index (χ1) is 9.00. The number of carbonyl (C=O) groups is 1. The molecule has 0 saturated heterocycles. The van der Waals surface area contributed by atoms with Gasteiger partial charge in [0.25, 0.3) is 0 Å². The van der Waals surface area contributed by atoms with Crippen LogP contribution >= 0.6 is 0 Å². The molecule has 2 aliphatic carbocycles. The fourth-order valence-corrected chi connectivity index (χ4v) is 3.66. The summed E-state index contributed by atoms with van der Waals surface area (Å²) in [6.45, 7) is 6.10. The van der Waals surface area contributed by atoms with Crippen LogP contribution in [0.25, 0.3) is 0 Å². The molecule has 2 rings (SSSR count). The van der Waals surface area contributed by atoms with E-state index in [1.54, 1.807) is 0 Å². The number of carbonyl (C=O) groups excluding carboxylic acids is 1. The Morgan fingerprint density at radius 2 is 1.68 bits per heavy atom. The van der Waals surface area contributed by atoms with Crippen molar-refractivity contribution >= 4 is 5.97 Å². The molecular formula is C17H30O2. The summed E-state index contributed by atoms with van der Waals surface area (Å²) in [4.78, 5) is 12.5. The van der Waals surface area contributed by atoms with Crippen LogP contribution < -0.4 is 0 Å². The molecule has 0 bridgehead atoms. The molecule has 0 N–H and O–H groups in total. The molecule has 0 aliphatic heterocycles. The average molecular weight is 266 g/mol. The Labute approximate surface area is 118 Å². The van der Waals surface area contributed by atoms with Gasteiger partial charge in [-0.25, -0.2) is 0 Å². The highest BCUT2D eigenvalue weighted by atomic mass is 16.6. The summed E-state index contributed by atoms with van der Waals surface area (Å²) in [7, 11) is 0. The van der Waals surface area contributed by atoms with Gasteiger partial charge in [0.1, 0.15) is 5.60 Å². The topological polar surface area (TPSA) is 26.3 Å². The zero-order valence-electron chi connectivity index (χ0n) is 13.0. The lowest BCUT2D eigenvalue weighted by Gasteiger charge is -2.41. The smallest absolute Gasteiger partial charge is 0.312 e. The summed E-state index contributed by atoms with van der Waals surface area (Å²) < 4.78 is 6.16. The second-order valence-corrected chi connectivity index (χ2v) is 7.23. The van der Waals surface area contributed by atoms with Gasteiger partial charge >= 0.3 is 5.97 Å². The van der Waals surface area contributed by atoms with Gasteiger partial charge in [-0.3, -0.25) is 4.79 Å². The van der Waals surface area contributed by atoms with E-state index in [-0.39, 0.29) is 17.0 Å². The van der Waals surface area contributed by atoms with Crippen LogP contribution in [0, 0.1) is 11.3 Å². The molecule has 0 aromatic carbocycles. The van der Waals surface area contributed by atoms with Crippen molar-refractivity contribution < 1.29 is 9.53 Å². The lowest BCUT2D eigenvalue weighted by molar-refractivity contribution is -0.178. The maximum absolute atomic E-state index is 12.5. The van der Waals surface area contributed by atoms with Gasteiger partial charge in [0.2, 0.25) is 0 Å². The van der Waals surface area contributed by atoms with Gasteiger partial charge < -0.3 is 4.74 Å². The van der Waals surface area contributed by atoms with Crippen LogP contribution in [0.4, 0.5) is 0 Å². The zero-order valence-corrected chi connectivity index (χ0v) is 13.0. The fourth-order valence-electron chi connectivity index (χ4n) is 3.66. The molecule has 0 spiro atoms. The summed E-state index contributed by atoms with van der Waals surface area (Å²) in [5.41, 5.74) is -0.436. The van der Waals surface area contributed by atoms with E-state index in [0.29, 0.717) is 5.92 Å². The molecule has 0 amide bonds. The van der Waals surface area contributed by atoms with E-state index in [2.05, 4.69) is 6.92 Å². The van der Waals surface area contributed by atoms with Crippen LogP contribution in [0.15, 0.2) is 0 Å². The minimum absolute atomic E-state index is 0.0301. The van der Waals surface area contributed by atoms with Gasteiger partial charge in [-0.2, -0.15) is 0 Å². The number of esters is 1. The quantitative estimate of drug-likeness (QED) is 0.679. The molecule has 110 valence electrons. The molecule has 0 heterocycles. The minimum Gasteiger partial charge on any atom is -0.458 e. The van der Waals surface area contributed by atoms with E-state index < -0.39 is 0 Å². The molecule has 2 saturated carbocycles. The Hall–Kier alpha value is -0.530. The van der Waals surface area contributed by atoms with Gasteiger partial charge in [-0.05, 0) is 64.7 Å². The Morgan fingerprint density at radius 1 is 1.11 bits per heavy atom. The van der Waals surface area contributed by atoms with Crippen molar-refractivity contribution in [2.45, 2.75) is 90.6 Å². The summed E-state index contributed by atoms with van der Waals surface area (Å²) in [5, 5.41) is 0. The highest BCUT2D eigenvalue weighted by Crippen LogP contribution is 2.46. The molecule has 19 heavy (non-hydrogen) atoms. The normalized spacial score (nSPS) is 24.4. The molecule has 2 fully saturated rings. The highest BCUT2D eigenvalue weighted by molar-refractivity contribution is 5.76. The van der Waals surface area contributed by atoms with Crippen molar-refractivity contribution in [1.82, 2.24) is 0 Å². The van der Waals surface area contributed by atoms with Crippen LogP contribution in [0.2, 0.25) is 0 Å². The molecular weight excluding hydrogens is 236 g/mol. The molecule has 0 atom stereocenters.